The van der Waals surface area contributed by atoms with Crippen molar-refractivity contribution in [1.29, 1.82) is 0 Å². The minimum Gasteiger partial charge on any atom is -0.504 e. The highest BCUT2D eigenvalue weighted by atomic mass is 16.6. The summed E-state index contributed by atoms with van der Waals surface area (Å²) in [5.74, 6) is 2.14. The second-order valence-electron chi connectivity index (χ2n) is 21.3. The minimum atomic E-state index is -0.694. The molecule has 2 saturated heterocycles. The van der Waals surface area contributed by atoms with E-state index >= 15 is 0 Å². The van der Waals surface area contributed by atoms with Crippen LogP contribution in [-0.2, 0) is 42.7 Å². The number of piperidine rings is 2. The molecule has 4 aliphatic heterocycles. The minimum absolute atomic E-state index is 0.0632. The summed E-state index contributed by atoms with van der Waals surface area (Å²) in [6.07, 6.45) is 11.2. The average molecular weight is 799 g/mol. The molecule has 4 bridgehead atoms. The molecule has 0 amide bonds. The van der Waals surface area contributed by atoms with Gasteiger partial charge in [0.1, 0.15) is 30.4 Å². The molecule has 2 aromatic carbocycles. The number of esters is 2. The van der Waals surface area contributed by atoms with Crippen LogP contribution in [-0.4, -0.2) is 107 Å². The normalized spacial score (nSPS) is 38.9. The number of hydrogen-bond acceptors (Lipinski definition) is 9. The zero-order valence-corrected chi connectivity index (χ0v) is 35.6. The van der Waals surface area contributed by atoms with Crippen LogP contribution in [0.25, 0.3) is 0 Å². The Morgan fingerprint density at radius 1 is 0.707 bits per heavy atom. The van der Waals surface area contributed by atoms with Crippen LogP contribution in [0.2, 0.25) is 0 Å². The van der Waals surface area contributed by atoms with Crippen molar-refractivity contribution >= 4 is 11.9 Å². The van der Waals surface area contributed by atoms with E-state index in [-0.39, 0.29) is 58.4 Å². The molecule has 0 saturated carbocycles. The average Bonchev–Trinajstić information content (AvgIpc) is 3.71. The van der Waals surface area contributed by atoms with E-state index in [1.165, 1.54) is 16.7 Å². The van der Waals surface area contributed by atoms with Crippen LogP contribution in [0.3, 0.4) is 0 Å². The summed E-state index contributed by atoms with van der Waals surface area (Å²) >= 11 is 0. The number of phenols is 2. The van der Waals surface area contributed by atoms with Crippen molar-refractivity contribution in [2.24, 2.45) is 28.6 Å². The van der Waals surface area contributed by atoms with Crippen LogP contribution < -0.4 is 9.47 Å². The summed E-state index contributed by atoms with van der Waals surface area (Å²) in [5, 5.41) is 31.6. The molecule has 4 heterocycles. The second-order valence-corrected chi connectivity index (χ2v) is 21.3. The standard InChI is InChI=1S/C24H31NO4.C23H29NO5/c1-14-6-8-16-17-12-15-7-9-18(26)20-19(15)24(16,21(14)29-20)10-11-25(17,5)13-28-22(27)23(2,3)4;1-22(2,3)21(27)28-12-24(4)10-9-23-14-6-8-17(26)20(23)29-19-16(25)7-5-13(18(19)23)11-15(14)24/h6-9,14,16-17,21H,10-13H2,1-5H3;5-8,14-15,17,20,26H,9-12H2,1-4H3/p+2/t14-,16-,17?,21-,24-,25+;14-,15?,17-,20-,23-,24-/m00/s1. The third-order valence-corrected chi connectivity index (χ3v) is 15.6. The molecular formula is C47H62N2O9+2. The number of nitrogens with zero attached hydrogens (tertiary/aromatic N) is 2. The fourth-order valence-corrected chi connectivity index (χ4v) is 12.4. The number of aliphatic hydroxyl groups is 1. The number of benzene rings is 2. The smallest absolute Gasteiger partial charge is 0.315 e. The van der Waals surface area contributed by atoms with Crippen molar-refractivity contribution < 1.29 is 52.8 Å². The number of aromatic hydroxyl groups is 2. The van der Waals surface area contributed by atoms with Gasteiger partial charge in [-0.2, -0.15) is 0 Å². The Morgan fingerprint density at radius 2 is 1.14 bits per heavy atom. The lowest BCUT2D eigenvalue weighted by Crippen LogP contribution is -2.71. The number of rotatable bonds is 4. The van der Waals surface area contributed by atoms with Gasteiger partial charge in [-0.3, -0.25) is 18.6 Å². The van der Waals surface area contributed by atoms with Crippen molar-refractivity contribution in [2.75, 3.05) is 40.6 Å². The first-order valence-electron chi connectivity index (χ1n) is 21.3. The molecule has 10 rings (SSSR count). The van der Waals surface area contributed by atoms with Crippen LogP contribution in [0.1, 0.15) is 83.6 Å². The van der Waals surface area contributed by atoms with Crippen LogP contribution >= 0.6 is 0 Å². The number of hydrogen-bond donors (Lipinski definition) is 3. The maximum atomic E-state index is 12.4. The number of phenolic OH excluding ortho intramolecular Hbond substituents is 2. The Balaban J connectivity index is 0.000000150. The highest BCUT2D eigenvalue weighted by Crippen LogP contribution is 2.65. The predicted molar refractivity (Wildman–Crippen MR) is 216 cm³/mol. The third-order valence-electron chi connectivity index (χ3n) is 15.6. The van der Waals surface area contributed by atoms with Gasteiger partial charge in [0, 0.05) is 54.6 Å². The first-order valence-corrected chi connectivity index (χ1v) is 21.3. The van der Waals surface area contributed by atoms with Crippen molar-refractivity contribution in [1.82, 2.24) is 0 Å². The number of quaternary nitrogens is 2. The zero-order valence-electron chi connectivity index (χ0n) is 35.6. The van der Waals surface area contributed by atoms with E-state index < -0.39 is 16.9 Å². The fourth-order valence-electron chi connectivity index (χ4n) is 12.4. The van der Waals surface area contributed by atoms with Gasteiger partial charge >= 0.3 is 11.9 Å². The summed E-state index contributed by atoms with van der Waals surface area (Å²) in [6, 6.07) is 8.09. The van der Waals surface area contributed by atoms with Crippen LogP contribution in [0.5, 0.6) is 23.0 Å². The lowest BCUT2D eigenvalue weighted by molar-refractivity contribution is -0.958. The number of carbonyl (C=O) groups excluding carboxylic acids is 2. The van der Waals surface area contributed by atoms with E-state index in [0.717, 1.165) is 48.8 Å². The van der Waals surface area contributed by atoms with Gasteiger partial charge < -0.3 is 34.3 Å². The molecule has 4 aliphatic carbocycles. The van der Waals surface area contributed by atoms with Crippen LogP contribution in [0.4, 0.5) is 0 Å². The van der Waals surface area contributed by atoms with E-state index in [2.05, 4.69) is 45.3 Å². The van der Waals surface area contributed by atoms with Crippen LogP contribution in [0, 0.1) is 28.6 Å². The Labute approximate surface area is 342 Å². The van der Waals surface area contributed by atoms with Crippen molar-refractivity contribution in [3.63, 3.8) is 0 Å². The van der Waals surface area contributed by atoms with Crippen molar-refractivity contribution in [3.8, 4) is 23.0 Å². The third kappa shape index (κ3) is 5.40. The number of likely N-dealkylation sites (tertiary alicyclic amines) is 2. The van der Waals surface area contributed by atoms with Gasteiger partial charge in [-0.1, -0.05) is 43.4 Å². The first kappa shape index (κ1) is 39.4. The molecule has 0 radical (unpaired) electrons. The molecule has 0 aromatic heterocycles. The number of ether oxygens (including phenoxy) is 4. The highest BCUT2D eigenvalue weighted by molar-refractivity contribution is 5.75. The summed E-state index contributed by atoms with van der Waals surface area (Å²) in [4.78, 5) is 24.9. The van der Waals surface area contributed by atoms with Gasteiger partial charge in [0.25, 0.3) is 0 Å². The van der Waals surface area contributed by atoms with E-state index in [4.69, 9.17) is 18.9 Å². The second kappa shape index (κ2) is 12.7. The number of likely N-dealkylation sites (N-methyl/N-ethyl adjacent to an activating group) is 2. The van der Waals surface area contributed by atoms with Gasteiger partial charge in [0.05, 0.1) is 48.8 Å². The van der Waals surface area contributed by atoms with Gasteiger partial charge in [0.15, 0.2) is 23.0 Å². The summed E-state index contributed by atoms with van der Waals surface area (Å²) < 4.78 is 25.6. The summed E-state index contributed by atoms with van der Waals surface area (Å²) in [5.41, 5.74) is 3.37. The predicted octanol–water partition coefficient (Wildman–Crippen LogP) is 5.79. The first-order chi connectivity index (χ1) is 27.2. The SMILES string of the molecule is CC(C)(C)C(=O)OC[N@+]1(C)CC[C@]23c4c5ccc(O)c4O[C@H]2[C@@H](O)C=C[C@H]3C1C5.C[C@H]1C=C[C@H]2C3Cc4ccc(O)c5c4[C@@]2(CC[N@+]3(C)COC(=O)C(C)(C)C)[C@H]1O5. The van der Waals surface area contributed by atoms with Gasteiger partial charge in [-0.15, -0.1) is 0 Å². The monoisotopic (exact) mass is 798 g/mol. The maximum absolute atomic E-state index is 12.4. The largest absolute Gasteiger partial charge is 0.504 e. The molecule has 312 valence electrons. The quantitative estimate of drug-likeness (QED) is 0.200. The van der Waals surface area contributed by atoms with E-state index in [1.54, 1.807) is 12.1 Å². The summed E-state index contributed by atoms with van der Waals surface area (Å²) in [6.45, 7) is 16.0. The lowest BCUT2D eigenvalue weighted by atomic mass is 9.52. The summed E-state index contributed by atoms with van der Waals surface area (Å²) in [7, 11) is 4.40. The van der Waals surface area contributed by atoms with Gasteiger partial charge in [0.2, 0.25) is 13.5 Å². The molecule has 8 aliphatic rings. The molecule has 2 aromatic rings. The zero-order chi connectivity index (χ0) is 41.5. The lowest BCUT2D eigenvalue weighted by Gasteiger charge is -2.59. The number of carbonyl (C=O) groups is 2. The molecule has 11 heteroatoms. The fraction of sp³-hybridized carbons (Fsp3) is 0.617. The molecule has 2 spiro atoms. The maximum Gasteiger partial charge on any atom is 0.315 e. The van der Waals surface area contributed by atoms with Gasteiger partial charge in [-0.05, 0) is 64.8 Å². The highest BCUT2D eigenvalue weighted by Gasteiger charge is 2.69. The van der Waals surface area contributed by atoms with E-state index in [9.17, 15) is 24.9 Å². The number of aliphatic hydroxyl groups excluding tert-OH is 1. The molecule has 2 unspecified atom stereocenters. The topological polar surface area (TPSA) is 132 Å². The Hall–Kier alpha value is -4.06. The molecular weight excluding hydrogens is 737 g/mol. The Morgan fingerprint density at radius 3 is 1.60 bits per heavy atom. The Bertz CT molecular complexity index is 1980. The Kier molecular flexibility index (Phi) is 8.65. The molecule has 2 fully saturated rings. The molecule has 58 heavy (non-hydrogen) atoms. The molecule has 12 atom stereocenters. The van der Waals surface area contributed by atoms with E-state index in [0.29, 0.717) is 47.3 Å². The molecule has 11 nitrogen and oxygen atoms in total. The van der Waals surface area contributed by atoms with Crippen LogP contribution in [0.15, 0.2) is 48.6 Å². The van der Waals surface area contributed by atoms with Crippen molar-refractivity contribution in [2.45, 2.75) is 115 Å². The van der Waals surface area contributed by atoms with Crippen molar-refractivity contribution in [3.05, 3.63) is 70.8 Å². The van der Waals surface area contributed by atoms with E-state index in [1.807, 2.05) is 53.7 Å². The molecule has 3 N–H and O–H groups in total. The van der Waals surface area contributed by atoms with Gasteiger partial charge in [-0.25, -0.2) is 0 Å².